The highest BCUT2D eigenvalue weighted by atomic mass is 16.5. The van der Waals surface area contributed by atoms with Crippen LogP contribution in [-0.4, -0.2) is 60.5 Å². The molecule has 0 amide bonds. The zero-order valence-electron chi connectivity index (χ0n) is 21.7. The van der Waals surface area contributed by atoms with Gasteiger partial charge in [0.15, 0.2) is 0 Å². The summed E-state index contributed by atoms with van der Waals surface area (Å²) < 4.78 is 5.47. The van der Waals surface area contributed by atoms with Crippen LogP contribution in [0.2, 0.25) is 0 Å². The molecule has 0 spiro atoms. The summed E-state index contributed by atoms with van der Waals surface area (Å²) in [6, 6.07) is 28.3. The highest BCUT2D eigenvalue weighted by Crippen LogP contribution is 2.39. The summed E-state index contributed by atoms with van der Waals surface area (Å²) in [4.78, 5) is 4.78. The Hall–Kier alpha value is -2.70. The van der Waals surface area contributed by atoms with Crippen molar-refractivity contribution in [2.75, 3.05) is 44.3 Å². The van der Waals surface area contributed by atoms with E-state index in [1.165, 1.54) is 12.1 Å². The molecule has 0 aromatic heterocycles. The molecule has 3 aromatic rings. The molecule has 3 aromatic carbocycles. The maximum absolute atomic E-state index is 12.6. The smallest absolute Gasteiger partial charge is 0.130 e. The highest BCUT2D eigenvalue weighted by Gasteiger charge is 2.43. The van der Waals surface area contributed by atoms with E-state index in [1.54, 1.807) is 0 Å². The first-order valence-electron chi connectivity index (χ1n) is 13.8. The number of nitrogens with zero attached hydrogens (tertiary/aromatic N) is 2. The maximum Gasteiger partial charge on any atom is 0.130 e. The van der Waals surface area contributed by atoms with Crippen LogP contribution in [0.25, 0.3) is 0 Å². The van der Waals surface area contributed by atoms with Crippen LogP contribution in [0.1, 0.15) is 54.9 Å². The summed E-state index contributed by atoms with van der Waals surface area (Å²) in [7, 11) is 0. The summed E-state index contributed by atoms with van der Waals surface area (Å²) in [5.74, 6) is 0. The van der Waals surface area contributed by atoms with Gasteiger partial charge < -0.3 is 19.8 Å². The molecule has 0 aliphatic carbocycles. The topological polar surface area (TPSA) is 56.2 Å². The van der Waals surface area contributed by atoms with Crippen molar-refractivity contribution >= 4 is 5.69 Å². The predicted molar refractivity (Wildman–Crippen MR) is 149 cm³/mol. The van der Waals surface area contributed by atoms with Gasteiger partial charge in [0, 0.05) is 24.8 Å². The monoisotopic (exact) mass is 500 g/mol. The van der Waals surface area contributed by atoms with Crippen LogP contribution < -0.4 is 4.90 Å². The van der Waals surface area contributed by atoms with Gasteiger partial charge in [0.1, 0.15) is 5.60 Å². The van der Waals surface area contributed by atoms with Gasteiger partial charge in [-0.2, -0.15) is 0 Å². The maximum atomic E-state index is 12.6. The number of benzene rings is 3. The molecule has 2 heterocycles. The first-order valence-corrected chi connectivity index (χ1v) is 13.8. The minimum Gasteiger partial charge on any atom is -0.388 e. The van der Waals surface area contributed by atoms with E-state index in [0.29, 0.717) is 12.8 Å². The van der Waals surface area contributed by atoms with E-state index in [4.69, 9.17) is 4.74 Å². The van der Waals surface area contributed by atoms with Gasteiger partial charge in [0.05, 0.1) is 19.3 Å². The van der Waals surface area contributed by atoms with Gasteiger partial charge >= 0.3 is 0 Å². The van der Waals surface area contributed by atoms with E-state index >= 15 is 0 Å². The molecule has 2 aliphatic rings. The Balaban J connectivity index is 1.39. The van der Waals surface area contributed by atoms with Crippen molar-refractivity contribution in [2.24, 2.45) is 0 Å². The Bertz CT molecular complexity index is 1040. The number of piperidine rings is 1. The van der Waals surface area contributed by atoms with E-state index in [2.05, 4.69) is 21.9 Å². The van der Waals surface area contributed by atoms with E-state index in [0.717, 1.165) is 68.9 Å². The largest absolute Gasteiger partial charge is 0.388 e. The molecule has 5 nitrogen and oxygen atoms in total. The van der Waals surface area contributed by atoms with Crippen molar-refractivity contribution in [1.29, 1.82) is 0 Å². The fraction of sp³-hybridized carbons (Fsp3) is 0.438. The molecule has 0 bridgehead atoms. The molecule has 2 aliphatic heterocycles. The van der Waals surface area contributed by atoms with Crippen molar-refractivity contribution in [3.8, 4) is 0 Å². The van der Waals surface area contributed by atoms with Gasteiger partial charge in [-0.25, -0.2) is 0 Å². The van der Waals surface area contributed by atoms with Crippen LogP contribution in [0.5, 0.6) is 0 Å². The summed E-state index contributed by atoms with van der Waals surface area (Å²) in [6.45, 7) is 5.25. The van der Waals surface area contributed by atoms with Crippen molar-refractivity contribution < 1.29 is 14.9 Å². The molecule has 5 rings (SSSR count). The van der Waals surface area contributed by atoms with Gasteiger partial charge in [-0.15, -0.1) is 0 Å². The SMILES string of the molecule is OC(CCC(N1CCCCC1)C(O)(c1ccccc1)c1ccccc1)c1ccc(N2CCOCC2)cc1. The van der Waals surface area contributed by atoms with Crippen molar-refractivity contribution in [2.45, 2.75) is 49.9 Å². The summed E-state index contributed by atoms with van der Waals surface area (Å²) >= 11 is 0. The molecule has 2 unspecified atom stereocenters. The molecular formula is C32H40N2O3. The minimum atomic E-state index is -1.17. The van der Waals surface area contributed by atoms with Crippen molar-refractivity contribution in [3.05, 3.63) is 102 Å². The third kappa shape index (κ3) is 5.91. The quantitative estimate of drug-likeness (QED) is 0.427. The number of hydrogen-bond acceptors (Lipinski definition) is 5. The van der Waals surface area contributed by atoms with Gasteiger partial charge in [0.2, 0.25) is 0 Å². The number of likely N-dealkylation sites (tertiary alicyclic amines) is 1. The molecule has 2 N–H and O–H groups in total. The number of anilines is 1. The number of morpholine rings is 1. The minimum absolute atomic E-state index is 0.139. The zero-order valence-corrected chi connectivity index (χ0v) is 21.7. The molecule has 2 atom stereocenters. The lowest BCUT2D eigenvalue weighted by atomic mass is 9.76. The summed E-state index contributed by atoms with van der Waals surface area (Å²) in [6.07, 6.45) is 4.20. The Morgan fingerprint density at radius 1 is 0.703 bits per heavy atom. The third-order valence-corrected chi connectivity index (χ3v) is 8.11. The van der Waals surface area contributed by atoms with Crippen LogP contribution in [0.4, 0.5) is 5.69 Å². The normalized spacial score (nSPS) is 18.9. The Kier molecular flexibility index (Phi) is 8.57. The van der Waals surface area contributed by atoms with E-state index in [9.17, 15) is 10.2 Å². The second-order valence-electron chi connectivity index (χ2n) is 10.4. The van der Waals surface area contributed by atoms with Crippen LogP contribution in [0.15, 0.2) is 84.9 Å². The Morgan fingerprint density at radius 2 is 1.27 bits per heavy atom. The van der Waals surface area contributed by atoms with Gasteiger partial charge in [-0.3, -0.25) is 4.90 Å². The molecular weight excluding hydrogens is 460 g/mol. The van der Waals surface area contributed by atoms with Crippen LogP contribution in [-0.2, 0) is 10.3 Å². The van der Waals surface area contributed by atoms with Crippen LogP contribution in [0, 0.1) is 0 Å². The molecule has 2 saturated heterocycles. The van der Waals surface area contributed by atoms with Crippen LogP contribution in [0.3, 0.4) is 0 Å². The first kappa shape index (κ1) is 25.9. The van der Waals surface area contributed by atoms with Gasteiger partial charge in [-0.1, -0.05) is 79.2 Å². The molecule has 196 valence electrons. The van der Waals surface area contributed by atoms with Crippen LogP contribution >= 0.6 is 0 Å². The van der Waals surface area contributed by atoms with E-state index in [1.807, 2.05) is 72.8 Å². The summed E-state index contributed by atoms with van der Waals surface area (Å²) in [5.41, 5.74) is 2.74. The second kappa shape index (κ2) is 12.2. The highest BCUT2D eigenvalue weighted by molar-refractivity contribution is 5.48. The standard InChI is InChI=1S/C32H40N2O3/c35-30(26-14-16-29(17-15-26)33-22-24-37-25-23-33)18-19-31(34-20-8-3-9-21-34)32(36,27-10-4-1-5-11-27)28-12-6-2-7-13-28/h1-2,4-7,10-17,30-31,35-36H,3,8-9,18-25H2. The van der Waals surface area contributed by atoms with Crippen molar-refractivity contribution in [1.82, 2.24) is 4.90 Å². The first-order chi connectivity index (χ1) is 18.2. The molecule has 5 heteroatoms. The van der Waals surface area contributed by atoms with E-state index in [-0.39, 0.29) is 6.04 Å². The number of ether oxygens (including phenoxy) is 1. The lowest BCUT2D eigenvalue weighted by Gasteiger charge is -2.45. The number of rotatable bonds is 9. The average Bonchev–Trinajstić information content (AvgIpc) is 2.99. The number of aliphatic hydroxyl groups is 2. The Morgan fingerprint density at radius 3 is 1.84 bits per heavy atom. The molecule has 2 fully saturated rings. The second-order valence-corrected chi connectivity index (χ2v) is 10.4. The fourth-order valence-corrected chi connectivity index (χ4v) is 6.03. The zero-order chi connectivity index (χ0) is 25.5. The van der Waals surface area contributed by atoms with Crippen molar-refractivity contribution in [3.63, 3.8) is 0 Å². The lowest BCUT2D eigenvalue weighted by molar-refractivity contribution is -0.0367. The molecule has 37 heavy (non-hydrogen) atoms. The molecule has 0 radical (unpaired) electrons. The lowest BCUT2D eigenvalue weighted by Crippen LogP contribution is -2.53. The predicted octanol–water partition coefficient (Wildman–Crippen LogP) is 5.13. The molecule has 0 saturated carbocycles. The fourth-order valence-electron chi connectivity index (χ4n) is 6.03. The third-order valence-electron chi connectivity index (χ3n) is 8.11. The van der Waals surface area contributed by atoms with Gasteiger partial charge in [0.25, 0.3) is 0 Å². The summed E-state index contributed by atoms with van der Waals surface area (Å²) in [5, 5.41) is 23.8. The number of hydrogen-bond donors (Lipinski definition) is 2. The average molecular weight is 501 g/mol. The van der Waals surface area contributed by atoms with Gasteiger partial charge in [-0.05, 0) is 67.6 Å². The van der Waals surface area contributed by atoms with E-state index < -0.39 is 11.7 Å². The number of aliphatic hydroxyl groups excluding tert-OH is 1. The Labute approximate surface area is 221 Å².